The SMILES string of the molecule is Cc1ccc(C)c(-c2ccc([S-])cc2)c1.Cc1ccc(C)c(CCCCCCC(=O)[O-])c1.Cc1ccc(C)c(CCCCCCP(=O)([O-])[O-])c1.Cc1ccc(C)c(CCCCCCS(=O)(=O)[O-])c1.Cc1ccc(C)c(CCCCCC[O-])c1.Cc1ccc(C)c(CCCCCC[S-])c1.Cc1ccc(C)c(S(=O)[O-])c1.[Cs+].[Cs+].[Cs+].[Cs+].[Cs+].[Cs+].[Cs+].[Cs+]. The Morgan fingerprint density at radius 3 is 0.957 bits per heavy atom. The van der Waals surface area contributed by atoms with E-state index in [9.17, 15) is 51.1 Å². The summed E-state index contributed by atoms with van der Waals surface area (Å²) in [5.41, 5.74) is 27.4. The molecule has 602 valence electrons. The van der Waals surface area contributed by atoms with Crippen LogP contribution in [0.4, 0.5) is 0 Å². The number of carbonyl (C=O) groups is 1. The van der Waals surface area contributed by atoms with E-state index in [-0.39, 0.29) is 576 Å². The molecular weight excluding hydrogens is 2520 g/mol. The number of aryl methyl sites for hydroxylation is 19. The van der Waals surface area contributed by atoms with Crippen molar-refractivity contribution in [3.8, 4) is 11.1 Å². The first kappa shape index (κ1) is 140. The van der Waals surface area contributed by atoms with Gasteiger partial charge in [0.15, 0.2) is 0 Å². The van der Waals surface area contributed by atoms with Gasteiger partial charge in [-0.2, -0.15) is 10.6 Å². The average molecular weight is 2640 g/mol. The van der Waals surface area contributed by atoms with Crippen LogP contribution in [-0.4, -0.2) is 52.0 Å². The zero-order valence-electron chi connectivity index (χ0n) is 76.2. The molecule has 0 fully saturated rings. The Kier molecular flexibility index (Phi) is 103. The molecule has 0 bridgehead atoms. The minimum atomic E-state index is -4.29. The molecule has 0 saturated heterocycles. The predicted octanol–water partition coefficient (Wildman–Crippen LogP) is -4.01. The van der Waals surface area contributed by atoms with Crippen LogP contribution < -0.4 is 571 Å². The summed E-state index contributed by atoms with van der Waals surface area (Å²) in [5.74, 6) is -0.237. The molecule has 1 atom stereocenters. The van der Waals surface area contributed by atoms with Crippen LogP contribution in [-0.2, 0) is 87.9 Å². The molecule has 0 aliphatic carbocycles. The van der Waals surface area contributed by atoms with E-state index in [0.717, 1.165) is 125 Å². The van der Waals surface area contributed by atoms with Crippen molar-refractivity contribution >= 4 is 60.0 Å². The van der Waals surface area contributed by atoms with E-state index >= 15 is 0 Å². The van der Waals surface area contributed by atoms with Gasteiger partial charge in [0.05, 0.1) is 10.1 Å². The third kappa shape index (κ3) is 74.1. The quantitative estimate of drug-likeness (QED) is 0.0122. The third-order valence-corrected chi connectivity index (χ3v) is 22.1. The van der Waals surface area contributed by atoms with Gasteiger partial charge in [0, 0.05) is 16.6 Å². The number of carboxylic acids is 1. The van der Waals surface area contributed by atoms with Crippen molar-refractivity contribution in [1.29, 1.82) is 0 Å². The predicted molar refractivity (Wildman–Crippen MR) is 454 cm³/mol. The molecule has 0 saturated carbocycles. The largest absolute Gasteiger partial charge is 1.00 e. The van der Waals surface area contributed by atoms with Crippen LogP contribution in [0.15, 0.2) is 161 Å². The molecule has 0 N–H and O–H groups in total. The zero-order chi connectivity index (χ0) is 81.3. The van der Waals surface area contributed by atoms with E-state index < -0.39 is 34.8 Å². The average Bonchev–Trinajstić information content (AvgIpc) is 0.837. The second-order valence-electron chi connectivity index (χ2n) is 29.4. The van der Waals surface area contributed by atoms with Crippen molar-refractivity contribution in [2.24, 2.45) is 0 Å². The smallest absolute Gasteiger partial charge is 0.854 e. The minimum Gasteiger partial charge on any atom is -0.854 e. The molecule has 24 heteroatoms. The van der Waals surface area contributed by atoms with Crippen molar-refractivity contribution in [3.05, 3.63) is 257 Å². The first-order valence-electron chi connectivity index (χ1n) is 39.2. The molecule has 0 heterocycles. The van der Waals surface area contributed by atoms with Crippen molar-refractivity contribution in [3.63, 3.8) is 0 Å². The van der Waals surface area contributed by atoms with Gasteiger partial charge in [-0.15, -0.1) is 6.61 Å². The second kappa shape index (κ2) is 85.5. The van der Waals surface area contributed by atoms with E-state index in [1.807, 2.05) is 25.1 Å². The number of hydrogen-bond donors (Lipinski definition) is 0. The second-order valence-corrected chi connectivity index (χ2v) is 34.4. The summed E-state index contributed by atoms with van der Waals surface area (Å²) in [6, 6.07) is 52.8. The Hall–Kier alpha value is 10.3. The summed E-state index contributed by atoms with van der Waals surface area (Å²) in [4.78, 5) is 32.4. The summed E-state index contributed by atoms with van der Waals surface area (Å²) >= 11 is 7.91. The van der Waals surface area contributed by atoms with Gasteiger partial charge in [0.25, 0.3) is 0 Å². The minimum absolute atomic E-state index is 0. The van der Waals surface area contributed by atoms with Crippen LogP contribution in [0.3, 0.4) is 0 Å². The Bertz CT molecular complexity index is 4070. The van der Waals surface area contributed by atoms with Gasteiger partial charge >= 0.3 is 551 Å². The molecule has 0 amide bonds. The van der Waals surface area contributed by atoms with Crippen LogP contribution in [0.1, 0.15) is 241 Å². The number of aliphatic carboxylic acids is 1. The number of carboxylic acid groups (broad SMARTS) is 1. The number of rotatable bonds is 35. The molecule has 117 heavy (non-hydrogen) atoms. The molecule has 11 nitrogen and oxygen atoms in total. The van der Waals surface area contributed by atoms with Gasteiger partial charge in [0.1, 0.15) is 0 Å². The van der Waals surface area contributed by atoms with Crippen LogP contribution in [0, 0.1) is 96.9 Å². The van der Waals surface area contributed by atoms with E-state index in [0.29, 0.717) is 17.7 Å². The fourth-order valence-corrected chi connectivity index (χ4v) is 14.4. The Morgan fingerprint density at radius 2 is 0.658 bits per heavy atom. The van der Waals surface area contributed by atoms with Crippen LogP contribution in [0.2, 0.25) is 0 Å². The van der Waals surface area contributed by atoms with Crippen molar-refractivity contribution in [2.75, 3.05) is 24.3 Å². The Labute approximate surface area is 1190 Å². The first-order valence-corrected chi connectivity index (χ1v) is 44.6. The van der Waals surface area contributed by atoms with Gasteiger partial charge in [-0.1, -0.05) is 264 Å². The van der Waals surface area contributed by atoms with Crippen LogP contribution >= 0.6 is 7.60 Å². The standard InChI is InChI=1S/C15H22O2.C14H23O3P.C14H22O3S.C14H21O.C14H14S.C14H22S.C8H10O2S.8Cs/c1-12-9-10-13(2)14(11-12)7-5-3-4-6-8-15(16)17;2*1-12-8-9-13(2)14(11-12)7-5-3-4-6-10-18(15,16)17;1-12-8-9-13(2)14(11-12)7-5-3-4-6-10-15;1-10-3-4-11(2)14(9-10)12-5-7-13(15)8-6-12;1-12-8-9-13(2)14(11-12)7-5-3-4-6-10-15;1-6-3-4-7(2)8(5-6)11(9)10;;;;;;;;/h9-11H,3-8H2,1-2H3,(H,16,17);8-9,11H,3-7,10H2,1-2H3,(H2,15,16,17);8-9,11H,3-7,10H2,1-2H3,(H,15,16,17);8-9,11H,3-7,10H2,1-2H3;3-9,15H,1-2H3;8-9,11,15H,3-7,10H2,1-2H3;3-5H,1-2H3,(H,9,10);;;;;;;;/q;;;-1;;;;8*+1/p-7. The van der Waals surface area contributed by atoms with Crippen molar-refractivity contribution in [1.82, 2.24) is 0 Å². The van der Waals surface area contributed by atoms with Crippen molar-refractivity contribution < 1.29 is 602 Å². The third-order valence-electron chi connectivity index (χ3n) is 19.1. The number of benzene rings is 8. The Balaban J connectivity index is -0.000000239. The summed E-state index contributed by atoms with van der Waals surface area (Å²) < 4.78 is 62.8. The van der Waals surface area contributed by atoms with E-state index in [1.54, 1.807) is 19.1 Å². The maximum absolute atomic E-state index is 10.6. The molecule has 8 aromatic carbocycles. The van der Waals surface area contributed by atoms with Gasteiger partial charge in [0.2, 0.25) is 0 Å². The number of unbranched alkanes of at least 4 members (excludes halogenated alkanes) is 15. The summed E-state index contributed by atoms with van der Waals surface area (Å²) in [5, 5.41) is 20.5. The van der Waals surface area contributed by atoms with E-state index in [1.165, 1.54) is 151 Å². The topological polar surface area (TPSA) is 224 Å². The Morgan fingerprint density at radius 1 is 0.376 bits per heavy atom. The molecule has 1 unspecified atom stereocenters. The maximum Gasteiger partial charge on any atom is 1.00 e. The molecule has 8 rings (SSSR count). The van der Waals surface area contributed by atoms with Gasteiger partial charge in [-0.25, -0.2) is 8.42 Å². The monoisotopic (exact) mass is 2640 g/mol. The number of hydrogen-bond acceptors (Lipinski definition) is 13. The summed E-state index contributed by atoms with van der Waals surface area (Å²) in [6.45, 7) is 29.3. The molecule has 0 aliphatic heterocycles. The van der Waals surface area contributed by atoms with Gasteiger partial charge in [-0.3, -0.25) is 4.21 Å². The number of carbonyl (C=O) groups excluding carboxylic acids is 1. The molecule has 8 aromatic rings. The van der Waals surface area contributed by atoms with Crippen molar-refractivity contribution in [2.45, 2.75) is 274 Å². The molecule has 0 aliphatic rings. The zero-order valence-corrected chi connectivity index (χ0v) is 131. The van der Waals surface area contributed by atoms with Crippen LogP contribution in [0.5, 0.6) is 0 Å². The van der Waals surface area contributed by atoms with E-state index in [2.05, 4.69) is 204 Å². The fourth-order valence-electron chi connectivity index (χ4n) is 12.3. The summed E-state index contributed by atoms with van der Waals surface area (Å²) in [7, 11) is -8.31. The van der Waals surface area contributed by atoms with Gasteiger partial charge in [-0.05, 0) is 294 Å². The van der Waals surface area contributed by atoms with E-state index in [4.69, 9.17) is 25.3 Å². The first-order chi connectivity index (χ1) is 51.6. The normalized spacial score (nSPS) is 10.4. The van der Waals surface area contributed by atoms with Gasteiger partial charge < -0.3 is 63.7 Å². The molecular formula is C93H127Cs8O11PS4. The molecule has 0 aromatic heterocycles. The fraction of sp³-hybridized carbons (Fsp3) is 0.473. The van der Waals surface area contributed by atoms with Crippen LogP contribution in [0.25, 0.3) is 11.1 Å². The molecule has 0 radical (unpaired) electrons. The summed E-state index contributed by atoms with van der Waals surface area (Å²) in [6.07, 6.45) is 25.6. The maximum atomic E-state index is 10.6. The molecule has 0 spiro atoms.